The van der Waals surface area contributed by atoms with Crippen LogP contribution in [0.4, 0.5) is 4.79 Å². The minimum absolute atomic E-state index is 0.312. The summed E-state index contributed by atoms with van der Waals surface area (Å²) in [5, 5.41) is 2.03. The van der Waals surface area contributed by atoms with Crippen molar-refractivity contribution < 1.29 is 9.59 Å². The third kappa shape index (κ3) is 5.62. The van der Waals surface area contributed by atoms with Gasteiger partial charge in [-0.2, -0.15) is 0 Å². The fraction of sp³-hybridized carbons (Fsp3) is 0.667. The summed E-state index contributed by atoms with van der Waals surface area (Å²) in [5.41, 5.74) is 10.3. The Balaban J connectivity index is 4.46. The first-order chi connectivity index (χ1) is 7.38. The number of hydrogen-bond acceptors (Lipinski definition) is 4. The molecule has 0 saturated heterocycles. The first-order valence-corrected chi connectivity index (χ1v) is 5.42. The lowest BCUT2D eigenvalue weighted by atomic mass is 10.2. The van der Waals surface area contributed by atoms with Crippen LogP contribution in [0.5, 0.6) is 0 Å². The smallest absolute Gasteiger partial charge is 0.318 e. The molecule has 0 aliphatic heterocycles. The van der Waals surface area contributed by atoms with Crippen molar-refractivity contribution in [2.75, 3.05) is 13.1 Å². The molecule has 0 aromatic heterocycles. The molecule has 6 nitrogen and oxygen atoms in total. The van der Waals surface area contributed by atoms with E-state index < -0.39 is 18.0 Å². The van der Waals surface area contributed by atoms with Crippen molar-refractivity contribution in [2.24, 2.45) is 11.5 Å². The Labute approximate surface area is 100 Å². The zero-order valence-corrected chi connectivity index (χ0v) is 10.3. The molecule has 0 bridgehead atoms. The number of primary amides is 1. The Morgan fingerprint density at radius 1 is 1.44 bits per heavy atom. The number of nitrogens with one attached hydrogen (secondary N) is 1. The maximum Gasteiger partial charge on any atom is 0.318 e. The predicted octanol–water partition coefficient (Wildman–Crippen LogP) is -0.432. The van der Waals surface area contributed by atoms with Crippen LogP contribution in [-0.4, -0.2) is 41.0 Å². The summed E-state index contributed by atoms with van der Waals surface area (Å²) in [4.78, 5) is 24.2. The van der Waals surface area contributed by atoms with E-state index in [-0.39, 0.29) is 0 Å². The summed E-state index contributed by atoms with van der Waals surface area (Å²) in [5.74, 6) is -0.447. The summed E-state index contributed by atoms with van der Waals surface area (Å²) in [6, 6.07) is -1.35. The van der Waals surface area contributed by atoms with E-state index in [4.69, 9.17) is 23.7 Å². The molecular weight excluding hydrogens is 228 g/mol. The number of imide groups is 1. The highest BCUT2D eigenvalue weighted by Gasteiger charge is 2.21. The molecule has 0 fully saturated rings. The molecule has 5 N–H and O–H groups in total. The summed E-state index contributed by atoms with van der Waals surface area (Å²) >= 11 is 4.79. The van der Waals surface area contributed by atoms with E-state index in [1.165, 1.54) is 0 Å². The van der Waals surface area contributed by atoms with Gasteiger partial charge in [-0.15, -0.1) is 0 Å². The first-order valence-electron chi connectivity index (χ1n) is 5.01. The van der Waals surface area contributed by atoms with Gasteiger partial charge in [0.25, 0.3) is 0 Å². The van der Waals surface area contributed by atoms with Gasteiger partial charge in [0.15, 0.2) is 0 Å². The minimum atomic E-state index is -0.858. The SMILES string of the molecule is CCCN(CC(N)=S)C(C)C(=O)NC(N)=O. The van der Waals surface area contributed by atoms with E-state index in [2.05, 4.69) is 0 Å². The maximum atomic E-state index is 11.5. The Hall–Kier alpha value is -1.21. The molecule has 0 aliphatic carbocycles. The van der Waals surface area contributed by atoms with E-state index in [1.807, 2.05) is 12.2 Å². The van der Waals surface area contributed by atoms with Gasteiger partial charge in [-0.3, -0.25) is 15.0 Å². The summed E-state index contributed by atoms with van der Waals surface area (Å²) in [7, 11) is 0. The molecule has 7 heteroatoms. The van der Waals surface area contributed by atoms with Gasteiger partial charge in [-0.25, -0.2) is 4.79 Å². The van der Waals surface area contributed by atoms with Crippen LogP contribution in [0.1, 0.15) is 20.3 Å². The van der Waals surface area contributed by atoms with E-state index in [0.717, 1.165) is 6.42 Å². The van der Waals surface area contributed by atoms with Crippen LogP contribution < -0.4 is 16.8 Å². The number of carbonyl (C=O) groups is 2. The Morgan fingerprint density at radius 3 is 2.38 bits per heavy atom. The molecule has 0 aliphatic rings. The van der Waals surface area contributed by atoms with E-state index in [0.29, 0.717) is 18.1 Å². The molecule has 1 atom stereocenters. The number of urea groups is 1. The van der Waals surface area contributed by atoms with Crippen LogP contribution in [0.2, 0.25) is 0 Å². The molecule has 0 aromatic rings. The van der Waals surface area contributed by atoms with Gasteiger partial charge < -0.3 is 11.5 Å². The van der Waals surface area contributed by atoms with Crippen LogP contribution >= 0.6 is 12.2 Å². The van der Waals surface area contributed by atoms with Crippen molar-refractivity contribution in [3.8, 4) is 0 Å². The zero-order chi connectivity index (χ0) is 12.7. The average Bonchev–Trinajstić information content (AvgIpc) is 2.14. The number of nitrogens with two attached hydrogens (primary N) is 2. The van der Waals surface area contributed by atoms with Crippen molar-refractivity contribution in [1.29, 1.82) is 0 Å². The molecule has 0 aromatic carbocycles. The van der Waals surface area contributed by atoms with Crippen LogP contribution in [0.15, 0.2) is 0 Å². The van der Waals surface area contributed by atoms with Gasteiger partial charge in [0.05, 0.1) is 11.0 Å². The number of thiocarbonyl (C=S) groups is 1. The van der Waals surface area contributed by atoms with Gasteiger partial charge in [-0.1, -0.05) is 19.1 Å². The van der Waals surface area contributed by atoms with Crippen molar-refractivity contribution in [2.45, 2.75) is 26.3 Å². The van der Waals surface area contributed by atoms with Crippen LogP contribution in [0.25, 0.3) is 0 Å². The Kier molecular flexibility index (Phi) is 6.59. The first kappa shape index (κ1) is 14.8. The lowest BCUT2D eigenvalue weighted by Crippen LogP contribution is -2.50. The van der Waals surface area contributed by atoms with Crippen LogP contribution in [-0.2, 0) is 4.79 Å². The van der Waals surface area contributed by atoms with Crippen molar-refractivity contribution >= 4 is 29.1 Å². The molecule has 1 unspecified atom stereocenters. The van der Waals surface area contributed by atoms with Crippen molar-refractivity contribution in [3.63, 3.8) is 0 Å². The normalized spacial score (nSPS) is 12.2. The number of amides is 3. The van der Waals surface area contributed by atoms with Gasteiger partial charge in [0.2, 0.25) is 5.91 Å². The van der Waals surface area contributed by atoms with Crippen LogP contribution in [0, 0.1) is 0 Å². The van der Waals surface area contributed by atoms with Gasteiger partial charge in [0, 0.05) is 6.54 Å². The second kappa shape index (κ2) is 7.13. The standard InChI is InChI=1S/C9H18N4O2S/c1-3-4-13(5-7(10)16)6(2)8(14)12-9(11)15/h6H,3-5H2,1-2H3,(H2,10,16)(H3,11,12,14,15). The highest BCUT2D eigenvalue weighted by atomic mass is 32.1. The third-order valence-corrected chi connectivity index (χ3v) is 2.17. The van der Waals surface area contributed by atoms with E-state index in [1.54, 1.807) is 11.8 Å². The average molecular weight is 246 g/mol. The number of carbonyl (C=O) groups excluding carboxylic acids is 2. The maximum absolute atomic E-state index is 11.5. The topological polar surface area (TPSA) is 101 Å². The minimum Gasteiger partial charge on any atom is -0.392 e. The monoisotopic (exact) mass is 246 g/mol. The third-order valence-electron chi connectivity index (χ3n) is 2.04. The second-order valence-corrected chi connectivity index (χ2v) is 3.99. The second-order valence-electron chi connectivity index (χ2n) is 3.47. The fourth-order valence-electron chi connectivity index (χ4n) is 1.29. The highest BCUT2D eigenvalue weighted by molar-refractivity contribution is 7.80. The van der Waals surface area contributed by atoms with E-state index >= 15 is 0 Å². The lowest BCUT2D eigenvalue weighted by Gasteiger charge is -2.26. The largest absolute Gasteiger partial charge is 0.392 e. The zero-order valence-electron chi connectivity index (χ0n) is 9.53. The molecule has 0 rings (SSSR count). The molecule has 0 radical (unpaired) electrons. The van der Waals surface area contributed by atoms with Crippen molar-refractivity contribution in [1.82, 2.24) is 10.2 Å². The van der Waals surface area contributed by atoms with E-state index in [9.17, 15) is 9.59 Å². The number of nitrogens with zero attached hydrogens (tertiary/aromatic N) is 1. The Morgan fingerprint density at radius 2 is 2.00 bits per heavy atom. The van der Waals surface area contributed by atoms with Gasteiger partial charge in [-0.05, 0) is 19.9 Å². The van der Waals surface area contributed by atoms with Gasteiger partial charge in [0.1, 0.15) is 0 Å². The molecule has 0 spiro atoms. The van der Waals surface area contributed by atoms with Crippen molar-refractivity contribution in [3.05, 3.63) is 0 Å². The molecule has 16 heavy (non-hydrogen) atoms. The number of rotatable bonds is 6. The quantitative estimate of drug-likeness (QED) is 0.552. The molecule has 3 amide bonds. The molecule has 0 heterocycles. The fourth-order valence-corrected chi connectivity index (χ4v) is 1.45. The van der Waals surface area contributed by atoms with Crippen LogP contribution in [0.3, 0.4) is 0 Å². The van der Waals surface area contributed by atoms with Gasteiger partial charge >= 0.3 is 6.03 Å². The molecular formula is C9H18N4O2S. The summed E-state index contributed by atoms with van der Waals surface area (Å²) in [6.07, 6.45) is 0.858. The Bertz CT molecular complexity index is 283. The predicted molar refractivity (Wildman–Crippen MR) is 65.8 cm³/mol. The molecule has 92 valence electrons. The molecule has 0 saturated carbocycles. The lowest BCUT2D eigenvalue weighted by molar-refractivity contribution is -0.124. The number of hydrogen-bond donors (Lipinski definition) is 3. The highest BCUT2D eigenvalue weighted by Crippen LogP contribution is 2.00. The summed E-state index contributed by atoms with van der Waals surface area (Å²) < 4.78 is 0. The summed E-state index contributed by atoms with van der Waals surface area (Å²) in [6.45, 7) is 4.67.